The van der Waals surface area contributed by atoms with Crippen LogP contribution >= 0.6 is 15.9 Å². The topological polar surface area (TPSA) is 32.5 Å². The van der Waals surface area contributed by atoms with Crippen LogP contribution in [0.1, 0.15) is 18.9 Å². The fourth-order valence-electron chi connectivity index (χ4n) is 2.16. The van der Waals surface area contributed by atoms with Crippen molar-refractivity contribution in [3.63, 3.8) is 0 Å². The van der Waals surface area contributed by atoms with Crippen LogP contribution in [-0.2, 0) is 6.42 Å². The van der Waals surface area contributed by atoms with E-state index in [9.17, 15) is 0 Å². The van der Waals surface area contributed by atoms with Gasteiger partial charge in [-0.3, -0.25) is 0 Å². The summed E-state index contributed by atoms with van der Waals surface area (Å²) in [7, 11) is 4.24. The smallest absolute Gasteiger partial charge is 0.0510 e. The SMILES string of the molecule is CCN(CCCN(C)C)c1ccc(CCN)cc1Br. The number of nitrogens with two attached hydrogens (primary N) is 1. The first kappa shape index (κ1) is 16.5. The van der Waals surface area contributed by atoms with E-state index in [-0.39, 0.29) is 0 Å². The Labute approximate surface area is 125 Å². The van der Waals surface area contributed by atoms with Gasteiger partial charge in [-0.25, -0.2) is 0 Å². The number of halogens is 1. The van der Waals surface area contributed by atoms with Crippen molar-refractivity contribution in [1.82, 2.24) is 4.90 Å². The molecule has 19 heavy (non-hydrogen) atoms. The van der Waals surface area contributed by atoms with E-state index in [4.69, 9.17) is 5.73 Å². The lowest BCUT2D eigenvalue weighted by atomic mass is 10.1. The molecule has 0 aliphatic carbocycles. The molecule has 0 aromatic heterocycles. The number of anilines is 1. The maximum atomic E-state index is 5.60. The maximum Gasteiger partial charge on any atom is 0.0510 e. The van der Waals surface area contributed by atoms with Crippen molar-refractivity contribution in [2.45, 2.75) is 19.8 Å². The van der Waals surface area contributed by atoms with Crippen LogP contribution in [0, 0.1) is 0 Å². The van der Waals surface area contributed by atoms with Gasteiger partial charge in [-0.1, -0.05) is 6.07 Å². The number of rotatable bonds is 8. The Hall–Kier alpha value is -0.580. The first-order valence-corrected chi connectivity index (χ1v) is 7.76. The summed E-state index contributed by atoms with van der Waals surface area (Å²) in [6.07, 6.45) is 2.11. The summed E-state index contributed by atoms with van der Waals surface area (Å²) in [6, 6.07) is 6.58. The third-order valence-corrected chi connectivity index (χ3v) is 3.84. The highest BCUT2D eigenvalue weighted by atomic mass is 79.9. The lowest BCUT2D eigenvalue weighted by Gasteiger charge is -2.25. The molecule has 0 amide bonds. The largest absolute Gasteiger partial charge is 0.371 e. The van der Waals surface area contributed by atoms with Crippen LogP contribution in [0.4, 0.5) is 5.69 Å². The Kier molecular flexibility index (Phi) is 7.42. The Bertz CT molecular complexity index is 380. The maximum absolute atomic E-state index is 5.60. The summed E-state index contributed by atoms with van der Waals surface area (Å²) in [5.41, 5.74) is 8.17. The van der Waals surface area contributed by atoms with Crippen LogP contribution in [0.15, 0.2) is 22.7 Å². The average Bonchev–Trinajstić information content (AvgIpc) is 2.36. The molecule has 1 aromatic carbocycles. The third kappa shape index (κ3) is 5.51. The predicted octanol–water partition coefficient (Wildman–Crippen LogP) is 2.73. The third-order valence-electron chi connectivity index (χ3n) is 3.20. The number of hydrogen-bond donors (Lipinski definition) is 1. The molecule has 108 valence electrons. The molecule has 4 heteroatoms. The van der Waals surface area contributed by atoms with E-state index in [0.29, 0.717) is 6.54 Å². The summed E-state index contributed by atoms with van der Waals surface area (Å²) >= 11 is 3.69. The van der Waals surface area contributed by atoms with Crippen molar-refractivity contribution in [1.29, 1.82) is 0 Å². The molecule has 2 N–H and O–H groups in total. The van der Waals surface area contributed by atoms with E-state index in [1.165, 1.54) is 22.1 Å². The molecular formula is C15H26BrN3. The zero-order chi connectivity index (χ0) is 14.3. The molecule has 3 nitrogen and oxygen atoms in total. The van der Waals surface area contributed by atoms with E-state index < -0.39 is 0 Å². The molecule has 0 saturated carbocycles. The van der Waals surface area contributed by atoms with Crippen LogP contribution in [0.3, 0.4) is 0 Å². The van der Waals surface area contributed by atoms with Crippen molar-refractivity contribution in [2.24, 2.45) is 5.73 Å². The van der Waals surface area contributed by atoms with Crippen molar-refractivity contribution in [2.75, 3.05) is 45.2 Å². The summed E-state index contributed by atoms with van der Waals surface area (Å²) in [6.45, 7) is 6.15. The van der Waals surface area contributed by atoms with Crippen LogP contribution in [0.2, 0.25) is 0 Å². The first-order chi connectivity index (χ1) is 9.08. The van der Waals surface area contributed by atoms with Gasteiger partial charge < -0.3 is 15.5 Å². The lowest BCUT2D eigenvalue weighted by molar-refractivity contribution is 0.400. The molecule has 0 fully saturated rings. The number of nitrogens with zero attached hydrogens (tertiary/aromatic N) is 2. The highest BCUT2D eigenvalue weighted by molar-refractivity contribution is 9.10. The van der Waals surface area contributed by atoms with Crippen LogP contribution in [0.25, 0.3) is 0 Å². The van der Waals surface area contributed by atoms with Gasteiger partial charge in [0.15, 0.2) is 0 Å². The molecule has 0 bridgehead atoms. The summed E-state index contributed by atoms with van der Waals surface area (Å²) < 4.78 is 1.17. The molecule has 0 unspecified atom stereocenters. The fourth-order valence-corrected chi connectivity index (χ4v) is 2.83. The second-order valence-corrected chi connectivity index (χ2v) is 5.92. The van der Waals surface area contributed by atoms with E-state index in [1.54, 1.807) is 0 Å². The van der Waals surface area contributed by atoms with Crippen molar-refractivity contribution in [3.8, 4) is 0 Å². The van der Waals surface area contributed by atoms with Crippen LogP contribution in [0.5, 0.6) is 0 Å². The Balaban J connectivity index is 2.69. The fraction of sp³-hybridized carbons (Fsp3) is 0.600. The molecule has 1 aromatic rings. The van der Waals surface area contributed by atoms with Crippen LogP contribution in [-0.4, -0.2) is 45.2 Å². The minimum atomic E-state index is 0.701. The van der Waals surface area contributed by atoms with Crippen molar-refractivity contribution < 1.29 is 0 Å². The molecule has 1 rings (SSSR count). The predicted molar refractivity (Wildman–Crippen MR) is 88.0 cm³/mol. The highest BCUT2D eigenvalue weighted by Crippen LogP contribution is 2.27. The molecule has 0 heterocycles. The van der Waals surface area contributed by atoms with Gasteiger partial charge in [-0.15, -0.1) is 0 Å². The van der Waals surface area contributed by atoms with Crippen LogP contribution < -0.4 is 10.6 Å². The van der Waals surface area contributed by atoms with E-state index in [0.717, 1.165) is 26.1 Å². The Morgan fingerprint density at radius 2 is 1.95 bits per heavy atom. The summed E-state index contributed by atoms with van der Waals surface area (Å²) in [5, 5.41) is 0. The van der Waals surface area contributed by atoms with Gasteiger partial charge in [0, 0.05) is 17.6 Å². The first-order valence-electron chi connectivity index (χ1n) is 6.96. The Morgan fingerprint density at radius 1 is 1.21 bits per heavy atom. The van der Waals surface area contributed by atoms with Gasteiger partial charge in [0.2, 0.25) is 0 Å². The molecular weight excluding hydrogens is 302 g/mol. The van der Waals surface area contributed by atoms with Gasteiger partial charge in [0.25, 0.3) is 0 Å². The number of benzene rings is 1. The zero-order valence-electron chi connectivity index (χ0n) is 12.3. The molecule has 0 spiro atoms. The van der Waals surface area contributed by atoms with Gasteiger partial charge in [0.05, 0.1) is 5.69 Å². The second kappa shape index (κ2) is 8.56. The average molecular weight is 328 g/mol. The normalized spacial score (nSPS) is 11.1. The minimum Gasteiger partial charge on any atom is -0.371 e. The lowest BCUT2D eigenvalue weighted by Crippen LogP contribution is -2.27. The zero-order valence-corrected chi connectivity index (χ0v) is 13.9. The van der Waals surface area contributed by atoms with Gasteiger partial charge >= 0.3 is 0 Å². The van der Waals surface area contributed by atoms with E-state index >= 15 is 0 Å². The molecule has 0 aliphatic rings. The van der Waals surface area contributed by atoms with E-state index in [1.807, 2.05) is 0 Å². The van der Waals surface area contributed by atoms with Gasteiger partial charge in [0.1, 0.15) is 0 Å². The quantitative estimate of drug-likeness (QED) is 0.796. The summed E-state index contributed by atoms with van der Waals surface area (Å²) in [5.74, 6) is 0. The van der Waals surface area contributed by atoms with Gasteiger partial charge in [-0.05, 0) is 80.6 Å². The number of hydrogen-bond acceptors (Lipinski definition) is 3. The molecule has 0 atom stereocenters. The minimum absolute atomic E-state index is 0.701. The highest BCUT2D eigenvalue weighted by Gasteiger charge is 2.09. The van der Waals surface area contributed by atoms with E-state index in [2.05, 4.69) is 64.9 Å². The Morgan fingerprint density at radius 3 is 2.47 bits per heavy atom. The van der Waals surface area contributed by atoms with Crippen molar-refractivity contribution in [3.05, 3.63) is 28.2 Å². The van der Waals surface area contributed by atoms with Crippen molar-refractivity contribution >= 4 is 21.6 Å². The molecule has 0 saturated heterocycles. The molecule has 0 aliphatic heterocycles. The second-order valence-electron chi connectivity index (χ2n) is 5.06. The van der Waals surface area contributed by atoms with Gasteiger partial charge in [-0.2, -0.15) is 0 Å². The summed E-state index contributed by atoms with van der Waals surface area (Å²) in [4.78, 5) is 4.65. The standard InChI is InChI=1S/C15H26BrN3/c1-4-19(11-5-10-18(2)3)15-7-6-13(8-9-17)12-14(15)16/h6-7,12H,4-5,8-11,17H2,1-3H3. The molecule has 0 radical (unpaired) electrons. The monoisotopic (exact) mass is 327 g/mol.